The molecule has 306 valence electrons. The molecule has 0 saturated carbocycles. The number of nitrogens with one attached hydrogen (secondary N) is 4. The Labute approximate surface area is 339 Å². The Morgan fingerprint density at radius 1 is 0.534 bits per heavy atom. The van der Waals surface area contributed by atoms with Crippen LogP contribution in [0.3, 0.4) is 0 Å². The molecule has 4 aromatic carbocycles. The molecule has 1 aliphatic carbocycles. The minimum atomic E-state index is -1.19. The van der Waals surface area contributed by atoms with Crippen molar-refractivity contribution in [3.05, 3.63) is 131 Å². The minimum absolute atomic E-state index is 0.0436. The standard InChI is InChI=1S/C45H54N6O7/c46-25-13-11-23-37(41(52)49-38(44(55)56)24-12-14-26-47)48-42(53)39(27-30-15-3-1-4-16-30)50-43(54)40(28-31-17-5-2-6-18-31)51-45(57)58-29-36-34-21-9-7-19-32(34)33-20-8-10-22-35(33)36/h1-10,15-22,36-40H,11-14,23-29,46-47H2,(H,48,53)(H,49,52)(H,50,54)(H,51,57)(H,55,56). The topological polar surface area (TPSA) is 215 Å². The van der Waals surface area contributed by atoms with Gasteiger partial charge in [0, 0.05) is 18.8 Å². The molecule has 0 saturated heterocycles. The summed E-state index contributed by atoms with van der Waals surface area (Å²) < 4.78 is 5.80. The maximum Gasteiger partial charge on any atom is 0.407 e. The van der Waals surface area contributed by atoms with E-state index in [1.807, 2.05) is 109 Å². The Morgan fingerprint density at radius 2 is 0.948 bits per heavy atom. The summed E-state index contributed by atoms with van der Waals surface area (Å²) >= 11 is 0. The van der Waals surface area contributed by atoms with Crippen molar-refractivity contribution in [2.75, 3.05) is 19.7 Å². The van der Waals surface area contributed by atoms with Crippen molar-refractivity contribution < 1.29 is 33.8 Å². The first-order chi connectivity index (χ1) is 28.2. The smallest absolute Gasteiger partial charge is 0.407 e. The predicted octanol–water partition coefficient (Wildman–Crippen LogP) is 4.18. The summed E-state index contributed by atoms with van der Waals surface area (Å²) in [6, 6.07) is 29.6. The van der Waals surface area contributed by atoms with Crippen molar-refractivity contribution in [3.8, 4) is 11.1 Å². The van der Waals surface area contributed by atoms with Crippen molar-refractivity contribution in [1.82, 2.24) is 21.3 Å². The van der Waals surface area contributed by atoms with Gasteiger partial charge in [-0.1, -0.05) is 109 Å². The van der Waals surface area contributed by atoms with E-state index in [0.717, 1.165) is 33.4 Å². The molecular weight excluding hydrogens is 737 g/mol. The first-order valence-electron chi connectivity index (χ1n) is 19.9. The molecule has 4 atom stereocenters. The first-order valence-corrected chi connectivity index (χ1v) is 19.9. The summed E-state index contributed by atoms with van der Waals surface area (Å²) in [5.74, 6) is -3.33. The number of amides is 4. The number of alkyl carbamates (subject to hydrolysis) is 1. The van der Waals surface area contributed by atoms with Gasteiger partial charge in [0.25, 0.3) is 0 Å². The molecule has 0 fully saturated rings. The molecule has 0 aromatic heterocycles. The fraction of sp³-hybridized carbons (Fsp3) is 0.356. The summed E-state index contributed by atoms with van der Waals surface area (Å²) in [6.45, 7) is 0.799. The largest absolute Gasteiger partial charge is 0.480 e. The van der Waals surface area contributed by atoms with E-state index in [1.54, 1.807) is 0 Å². The molecule has 13 nitrogen and oxygen atoms in total. The van der Waals surface area contributed by atoms with Gasteiger partial charge in [0.1, 0.15) is 30.8 Å². The molecule has 4 amide bonds. The summed E-state index contributed by atoms with van der Waals surface area (Å²) in [7, 11) is 0. The number of aliphatic carboxylic acids is 1. The van der Waals surface area contributed by atoms with Gasteiger partial charge in [-0.15, -0.1) is 0 Å². The number of carbonyl (C=O) groups excluding carboxylic acids is 4. The van der Waals surface area contributed by atoms with Gasteiger partial charge in [0.2, 0.25) is 17.7 Å². The number of unbranched alkanes of at least 4 members (excludes halogenated alkanes) is 2. The maximum atomic E-state index is 14.2. The van der Waals surface area contributed by atoms with Gasteiger partial charge >= 0.3 is 12.1 Å². The SMILES string of the molecule is NCCCCC(NC(=O)C(CCCCN)NC(=O)C(Cc1ccccc1)NC(=O)C(Cc1ccccc1)NC(=O)OCC1c2ccccc2-c2ccccc21)C(=O)O. The lowest BCUT2D eigenvalue weighted by Crippen LogP contribution is -2.58. The molecule has 9 N–H and O–H groups in total. The average molecular weight is 791 g/mol. The molecule has 4 aromatic rings. The zero-order valence-electron chi connectivity index (χ0n) is 32.6. The van der Waals surface area contributed by atoms with Crippen LogP contribution >= 0.6 is 0 Å². The van der Waals surface area contributed by atoms with Crippen LogP contribution in [0.1, 0.15) is 66.7 Å². The molecule has 1 aliphatic rings. The van der Waals surface area contributed by atoms with Crippen LogP contribution in [0.15, 0.2) is 109 Å². The lowest BCUT2D eigenvalue weighted by molar-refractivity contribution is -0.142. The Bertz CT molecular complexity index is 1930. The van der Waals surface area contributed by atoms with Crippen molar-refractivity contribution in [1.29, 1.82) is 0 Å². The van der Waals surface area contributed by atoms with Gasteiger partial charge in [-0.05, 0) is 85.0 Å². The number of carboxylic acid groups (broad SMARTS) is 1. The molecule has 0 bridgehead atoms. The number of fused-ring (bicyclic) bond motifs is 3. The van der Waals surface area contributed by atoms with E-state index >= 15 is 0 Å². The van der Waals surface area contributed by atoms with Crippen LogP contribution in [-0.2, 0) is 36.8 Å². The number of carboxylic acids is 1. The second-order valence-electron chi connectivity index (χ2n) is 14.5. The van der Waals surface area contributed by atoms with Gasteiger partial charge in [-0.2, -0.15) is 0 Å². The number of rotatable bonds is 22. The molecule has 0 heterocycles. The molecule has 5 rings (SSSR count). The Hall–Kier alpha value is -6.05. The fourth-order valence-electron chi connectivity index (χ4n) is 7.23. The van der Waals surface area contributed by atoms with Crippen molar-refractivity contribution >= 4 is 29.8 Å². The lowest BCUT2D eigenvalue weighted by atomic mass is 9.98. The maximum absolute atomic E-state index is 14.2. The molecule has 0 spiro atoms. The predicted molar refractivity (Wildman–Crippen MR) is 222 cm³/mol. The van der Waals surface area contributed by atoms with Gasteiger partial charge in [0.15, 0.2) is 0 Å². The van der Waals surface area contributed by atoms with Crippen molar-refractivity contribution in [2.24, 2.45) is 11.5 Å². The third-order valence-electron chi connectivity index (χ3n) is 10.3. The second-order valence-corrected chi connectivity index (χ2v) is 14.5. The third-order valence-corrected chi connectivity index (χ3v) is 10.3. The lowest BCUT2D eigenvalue weighted by Gasteiger charge is -2.26. The van der Waals surface area contributed by atoms with Gasteiger partial charge in [-0.3, -0.25) is 14.4 Å². The number of nitrogens with two attached hydrogens (primary N) is 2. The van der Waals surface area contributed by atoms with E-state index in [4.69, 9.17) is 16.2 Å². The van der Waals surface area contributed by atoms with Crippen LogP contribution in [0, 0.1) is 0 Å². The quantitative estimate of drug-likeness (QED) is 0.0568. The van der Waals surface area contributed by atoms with Crippen molar-refractivity contribution in [2.45, 2.75) is 81.5 Å². The Morgan fingerprint density at radius 3 is 1.45 bits per heavy atom. The van der Waals surface area contributed by atoms with Gasteiger partial charge < -0.3 is 42.6 Å². The van der Waals surface area contributed by atoms with Gasteiger partial charge in [0.05, 0.1) is 0 Å². The molecule has 0 aliphatic heterocycles. The average Bonchev–Trinajstić information content (AvgIpc) is 3.55. The molecule has 4 unspecified atom stereocenters. The number of carbonyl (C=O) groups is 5. The number of hydrogen-bond acceptors (Lipinski definition) is 8. The van der Waals surface area contributed by atoms with E-state index in [-0.39, 0.29) is 38.2 Å². The van der Waals surface area contributed by atoms with E-state index in [1.165, 1.54) is 0 Å². The molecule has 58 heavy (non-hydrogen) atoms. The van der Waals surface area contributed by atoms with E-state index in [2.05, 4.69) is 21.3 Å². The third kappa shape index (κ3) is 12.2. The fourth-order valence-corrected chi connectivity index (χ4v) is 7.23. The second kappa shape index (κ2) is 22.0. The summed E-state index contributed by atoms with van der Waals surface area (Å²) in [5.41, 5.74) is 17.1. The number of benzene rings is 4. The van der Waals surface area contributed by atoms with Crippen LogP contribution in [-0.4, -0.2) is 78.8 Å². The van der Waals surface area contributed by atoms with Crippen LogP contribution in [0.2, 0.25) is 0 Å². The highest BCUT2D eigenvalue weighted by molar-refractivity contribution is 5.95. The van der Waals surface area contributed by atoms with Crippen LogP contribution in [0.4, 0.5) is 4.79 Å². The number of ether oxygens (including phenoxy) is 1. The van der Waals surface area contributed by atoms with Crippen LogP contribution in [0.5, 0.6) is 0 Å². The van der Waals surface area contributed by atoms with Crippen LogP contribution < -0.4 is 32.7 Å². The summed E-state index contributed by atoms with van der Waals surface area (Å²) in [4.78, 5) is 67.4. The Kier molecular flexibility index (Phi) is 16.4. The highest BCUT2D eigenvalue weighted by Gasteiger charge is 2.33. The zero-order chi connectivity index (χ0) is 41.3. The van der Waals surface area contributed by atoms with E-state index in [0.29, 0.717) is 38.8 Å². The Balaban J connectivity index is 1.33. The minimum Gasteiger partial charge on any atom is -0.480 e. The molecule has 13 heteroatoms. The summed E-state index contributed by atoms with van der Waals surface area (Å²) in [6.07, 6.45) is 1.89. The van der Waals surface area contributed by atoms with E-state index in [9.17, 15) is 29.1 Å². The first kappa shape index (κ1) is 43.1. The molecular formula is C45H54N6O7. The highest BCUT2D eigenvalue weighted by Crippen LogP contribution is 2.44. The summed E-state index contributed by atoms with van der Waals surface area (Å²) in [5, 5.41) is 20.7. The normalized spacial score (nSPS) is 13.8. The van der Waals surface area contributed by atoms with Gasteiger partial charge in [-0.25, -0.2) is 9.59 Å². The monoisotopic (exact) mass is 790 g/mol. The van der Waals surface area contributed by atoms with Crippen molar-refractivity contribution in [3.63, 3.8) is 0 Å². The number of hydrogen-bond donors (Lipinski definition) is 7. The van der Waals surface area contributed by atoms with E-state index < -0.39 is 54.0 Å². The highest BCUT2D eigenvalue weighted by atomic mass is 16.5. The molecule has 0 radical (unpaired) electrons. The zero-order valence-corrected chi connectivity index (χ0v) is 32.6. The van der Waals surface area contributed by atoms with Crippen LogP contribution in [0.25, 0.3) is 11.1 Å².